The first-order valence-corrected chi connectivity index (χ1v) is 11.6. The number of halogens is 1. The van der Waals surface area contributed by atoms with E-state index in [1.807, 2.05) is 24.3 Å². The summed E-state index contributed by atoms with van der Waals surface area (Å²) in [4.78, 5) is 53.4. The second kappa shape index (κ2) is 8.16. The summed E-state index contributed by atoms with van der Waals surface area (Å²) < 4.78 is 13.6. The molecule has 3 aromatic carbocycles. The number of ketones is 1. The number of aryl methyl sites for hydroxylation is 1. The van der Waals surface area contributed by atoms with Crippen LogP contribution in [-0.2, 0) is 9.59 Å². The van der Waals surface area contributed by atoms with Crippen molar-refractivity contribution in [3.05, 3.63) is 105 Å². The Bertz CT molecular complexity index is 1540. The number of carbonyl (C=O) groups excluding carboxylic acids is 3. The van der Waals surface area contributed by atoms with E-state index in [1.165, 1.54) is 35.3 Å². The minimum atomic E-state index is -1.12. The van der Waals surface area contributed by atoms with E-state index in [2.05, 4.69) is 5.10 Å². The maximum Gasteiger partial charge on any atom is 0.271 e. The summed E-state index contributed by atoms with van der Waals surface area (Å²) in [5.74, 6) is -4.18. The molecule has 3 aliphatic heterocycles. The third-order valence-electron chi connectivity index (χ3n) is 7.33. The zero-order chi connectivity index (χ0) is 26.0. The summed E-state index contributed by atoms with van der Waals surface area (Å²) in [7, 11) is 0. The van der Waals surface area contributed by atoms with Crippen molar-refractivity contribution in [1.82, 2.24) is 5.01 Å². The third-order valence-corrected chi connectivity index (χ3v) is 7.33. The number of anilines is 1. The zero-order valence-corrected chi connectivity index (χ0v) is 19.4. The minimum absolute atomic E-state index is 0.116. The molecule has 9 nitrogen and oxygen atoms in total. The largest absolute Gasteiger partial charge is 0.292 e. The molecular weight excluding hydrogens is 479 g/mol. The Morgan fingerprint density at radius 1 is 1.00 bits per heavy atom. The SMILES string of the molecule is Cc1ccc([N+](=O)[O-])cc1N1C(=O)[C@@H]2[C@H](C1=O)[C@H](C(=O)c1ccc(F)cc1)N1N=Cc3ccccc3[C@@H]21. The van der Waals surface area contributed by atoms with E-state index in [0.717, 1.165) is 28.2 Å². The van der Waals surface area contributed by atoms with Crippen LogP contribution in [0.15, 0.2) is 71.8 Å². The molecule has 6 rings (SSSR count). The number of carbonyl (C=O) groups is 3. The molecule has 184 valence electrons. The molecule has 3 aromatic rings. The van der Waals surface area contributed by atoms with Crippen LogP contribution in [0.2, 0.25) is 0 Å². The number of nitrogens with zero attached hydrogens (tertiary/aromatic N) is 4. The molecular formula is C27H19FN4O5. The predicted octanol–water partition coefficient (Wildman–Crippen LogP) is 3.80. The van der Waals surface area contributed by atoms with Gasteiger partial charge in [-0.15, -0.1) is 0 Å². The molecule has 4 atom stereocenters. The number of Topliss-reactive ketones (excluding diaryl/α,β-unsaturated/α-hetero) is 1. The lowest BCUT2D eigenvalue weighted by atomic mass is 9.83. The maximum absolute atomic E-state index is 13.9. The molecule has 0 N–H and O–H groups in total. The molecule has 10 heteroatoms. The average Bonchev–Trinajstić information content (AvgIpc) is 3.37. The van der Waals surface area contributed by atoms with Gasteiger partial charge >= 0.3 is 0 Å². The van der Waals surface area contributed by atoms with E-state index in [0.29, 0.717) is 5.56 Å². The molecule has 0 saturated carbocycles. The number of fused-ring (bicyclic) bond motifs is 5. The highest BCUT2D eigenvalue weighted by molar-refractivity contribution is 6.25. The number of rotatable bonds is 4. The number of benzene rings is 3. The van der Waals surface area contributed by atoms with Gasteiger partial charge < -0.3 is 0 Å². The first-order valence-electron chi connectivity index (χ1n) is 11.6. The smallest absolute Gasteiger partial charge is 0.271 e. The number of imide groups is 1. The van der Waals surface area contributed by atoms with E-state index < -0.39 is 52.3 Å². The molecule has 0 bridgehead atoms. The topological polar surface area (TPSA) is 113 Å². The first kappa shape index (κ1) is 22.7. The molecule has 2 saturated heterocycles. The van der Waals surface area contributed by atoms with E-state index in [4.69, 9.17) is 0 Å². The fourth-order valence-corrected chi connectivity index (χ4v) is 5.64. The molecule has 0 radical (unpaired) electrons. The van der Waals surface area contributed by atoms with Crippen LogP contribution in [0.3, 0.4) is 0 Å². The number of hydrogen-bond donors (Lipinski definition) is 0. The Kier molecular flexibility index (Phi) is 5.01. The number of nitro groups is 1. The van der Waals surface area contributed by atoms with Crippen molar-refractivity contribution >= 4 is 35.2 Å². The Hall–Kier alpha value is -4.73. The predicted molar refractivity (Wildman–Crippen MR) is 130 cm³/mol. The summed E-state index contributed by atoms with van der Waals surface area (Å²) in [6.45, 7) is 1.65. The van der Waals surface area contributed by atoms with Crippen LogP contribution >= 0.6 is 0 Å². The van der Waals surface area contributed by atoms with Gasteiger partial charge in [-0.2, -0.15) is 5.10 Å². The Labute approximate surface area is 210 Å². The van der Waals surface area contributed by atoms with Crippen molar-refractivity contribution in [2.24, 2.45) is 16.9 Å². The van der Waals surface area contributed by atoms with Crippen molar-refractivity contribution < 1.29 is 23.7 Å². The summed E-state index contributed by atoms with van der Waals surface area (Å²) >= 11 is 0. The van der Waals surface area contributed by atoms with Gasteiger partial charge in [0.05, 0.1) is 34.7 Å². The van der Waals surface area contributed by atoms with Crippen LogP contribution in [0.1, 0.15) is 33.1 Å². The van der Waals surface area contributed by atoms with Crippen LogP contribution in [0.4, 0.5) is 15.8 Å². The lowest BCUT2D eigenvalue weighted by Gasteiger charge is -2.34. The Balaban J connectivity index is 1.51. The van der Waals surface area contributed by atoms with Crippen molar-refractivity contribution in [2.45, 2.75) is 19.0 Å². The molecule has 0 unspecified atom stereocenters. The van der Waals surface area contributed by atoms with Gasteiger partial charge in [0.25, 0.3) is 5.69 Å². The summed E-state index contributed by atoms with van der Waals surface area (Å²) in [6.07, 6.45) is 1.59. The highest BCUT2D eigenvalue weighted by Crippen LogP contribution is 2.53. The van der Waals surface area contributed by atoms with Crippen LogP contribution in [0.25, 0.3) is 0 Å². The lowest BCUT2D eigenvalue weighted by molar-refractivity contribution is -0.384. The molecule has 37 heavy (non-hydrogen) atoms. The number of amides is 2. The van der Waals surface area contributed by atoms with Crippen LogP contribution < -0.4 is 4.90 Å². The molecule has 0 spiro atoms. The second-order valence-corrected chi connectivity index (χ2v) is 9.31. The molecule has 0 aliphatic carbocycles. The second-order valence-electron chi connectivity index (χ2n) is 9.31. The fraction of sp³-hybridized carbons (Fsp3) is 0.185. The van der Waals surface area contributed by atoms with Gasteiger partial charge in [0.15, 0.2) is 5.78 Å². The maximum atomic E-state index is 13.9. The van der Waals surface area contributed by atoms with Crippen molar-refractivity contribution in [3.63, 3.8) is 0 Å². The third kappa shape index (κ3) is 3.29. The quantitative estimate of drug-likeness (QED) is 0.234. The molecule has 2 fully saturated rings. The van der Waals surface area contributed by atoms with Gasteiger partial charge in [-0.1, -0.05) is 30.3 Å². The monoisotopic (exact) mass is 498 g/mol. The van der Waals surface area contributed by atoms with E-state index in [-0.39, 0.29) is 16.9 Å². The molecule has 0 aromatic heterocycles. The van der Waals surface area contributed by atoms with E-state index in [9.17, 15) is 28.9 Å². The molecule has 3 aliphatic rings. The van der Waals surface area contributed by atoms with Gasteiger partial charge in [0.1, 0.15) is 11.9 Å². The van der Waals surface area contributed by atoms with Gasteiger partial charge in [-0.25, -0.2) is 9.29 Å². The summed E-state index contributed by atoms with van der Waals surface area (Å²) in [5.41, 5.74) is 2.07. The highest BCUT2D eigenvalue weighted by Gasteiger charge is 2.65. The molecule has 3 heterocycles. The van der Waals surface area contributed by atoms with Crippen molar-refractivity contribution in [2.75, 3.05) is 4.90 Å². The Morgan fingerprint density at radius 3 is 2.43 bits per heavy atom. The van der Waals surface area contributed by atoms with Gasteiger partial charge in [-0.3, -0.25) is 29.5 Å². The van der Waals surface area contributed by atoms with Gasteiger partial charge in [0.2, 0.25) is 11.8 Å². The minimum Gasteiger partial charge on any atom is -0.292 e. The van der Waals surface area contributed by atoms with Crippen LogP contribution in [0.5, 0.6) is 0 Å². The van der Waals surface area contributed by atoms with Crippen molar-refractivity contribution in [3.8, 4) is 0 Å². The van der Waals surface area contributed by atoms with Gasteiger partial charge in [-0.05, 0) is 47.9 Å². The van der Waals surface area contributed by atoms with Crippen LogP contribution in [-0.4, -0.2) is 39.8 Å². The fourth-order valence-electron chi connectivity index (χ4n) is 5.64. The number of hydrogen-bond acceptors (Lipinski definition) is 7. The first-order chi connectivity index (χ1) is 17.8. The lowest BCUT2D eigenvalue weighted by Crippen LogP contribution is -2.44. The van der Waals surface area contributed by atoms with E-state index in [1.54, 1.807) is 13.1 Å². The van der Waals surface area contributed by atoms with Crippen LogP contribution in [0, 0.1) is 34.7 Å². The summed E-state index contributed by atoms with van der Waals surface area (Å²) in [5, 5.41) is 17.4. The average molecular weight is 498 g/mol. The zero-order valence-electron chi connectivity index (χ0n) is 19.4. The number of nitro benzene ring substituents is 1. The standard InChI is InChI=1S/C27H19FN4O5/c1-14-6-11-18(32(36)37)12-20(14)30-26(34)21-22(27(30)35)24(25(33)15-7-9-17(28)10-8-15)31-23(21)19-5-3-2-4-16(19)13-29-31/h2-13,21-24H,1H3/t21-,22+,23+,24-/m1/s1. The number of hydrazone groups is 1. The molecule has 2 amide bonds. The highest BCUT2D eigenvalue weighted by atomic mass is 19.1. The summed E-state index contributed by atoms with van der Waals surface area (Å²) in [6, 6.07) is 14.5. The Morgan fingerprint density at radius 2 is 1.70 bits per heavy atom. The van der Waals surface area contributed by atoms with Gasteiger partial charge in [0, 0.05) is 17.7 Å². The number of non-ortho nitro benzene ring substituents is 1. The normalized spacial score (nSPS) is 23.6. The van der Waals surface area contributed by atoms with Crippen molar-refractivity contribution in [1.29, 1.82) is 0 Å². The van der Waals surface area contributed by atoms with E-state index >= 15 is 0 Å².